The number of amides is 1. The number of thioether (sulfide) groups is 1. The van der Waals surface area contributed by atoms with E-state index in [1.165, 1.54) is 23.8 Å². The number of hydrogen-bond acceptors (Lipinski definition) is 5. The van der Waals surface area contributed by atoms with Gasteiger partial charge in [0.1, 0.15) is 11.9 Å². The van der Waals surface area contributed by atoms with Gasteiger partial charge in [-0.2, -0.15) is 11.8 Å². The van der Waals surface area contributed by atoms with Crippen molar-refractivity contribution in [3.63, 3.8) is 0 Å². The average molecular weight is 404 g/mol. The van der Waals surface area contributed by atoms with Crippen LogP contribution in [0.5, 0.6) is 0 Å². The zero-order valence-corrected chi connectivity index (χ0v) is 16.7. The molecule has 0 aromatic heterocycles. The van der Waals surface area contributed by atoms with E-state index in [1.807, 2.05) is 23.9 Å². The summed E-state index contributed by atoms with van der Waals surface area (Å²) >= 11 is 1.97. The number of halogens is 1. The van der Waals surface area contributed by atoms with E-state index < -0.39 is 6.09 Å². The lowest BCUT2D eigenvalue weighted by Crippen LogP contribution is -2.43. The van der Waals surface area contributed by atoms with Crippen LogP contribution in [0.4, 0.5) is 20.6 Å². The summed E-state index contributed by atoms with van der Waals surface area (Å²) in [6.07, 6.45) is 3.99. The molecule has 5 nitrogen and oxygen atoms in total. The van der Waals surface area contributed by atoms with Crippen molar-refractivity contribution in [3.8, 4) is 0 Å². The van der Waals surface area contributed by atoms with Crippen LogP contribution in [-0.2, 0) is 4.74 Å². The molecule has 4 fully saturated rings. The van der Waals surface area contributed by atoms with Crippen molar-refractivity contribution in [1.29, 1.82) is 0 Å². The van der Waals surface area contributed by atoms with Gasteiger partial charge in [0.2, 0.25) is 0 Å². The van der Waals surface area contributed by atoms with E-state index in [4.69, 9.17) is 4.74 Å². The Labute approximate surface area is 169 Å². The van der Waals surface area contributed by atoms with E-state index in [0.717, 1.165) is 30.0 Å². The maximum Gasteiger partial charge on any atom is 0.414 e. The Bertz CT molecular complexity index is 784. The van der Waals surface area contributed by atoms with Gasteiger partial charge >= 0.3 is 6.09 Å². The minimum absolute atomic E-state index is 0.249. The first-order valence-corrected chi connectivity index (χ1v) is 11.3. The fraction of sp³-hybridized carbons (Fsp3) is 0.571. The SMILES string of the molecule is C=C(NC[C@H]1CN(c2ccc(N3C4CCC3CSC4)c(F)c2)C(=O)O1)C1CC1. The molecule has 2 unspecified atom stereocenters. The highest BCUT2D eigenvalue weighted by Crippen LogP contribution is 2.40. The second kappa shape index (κ2) is 7.17. The van der Waals surface area contributed by atoms with Crippen molar-refractivity contribution >= 4 is 29.2 Å². The summed E-state index contributed by atoms with van der Waals surface area (Å²) < 4.78 is 20.4. The predicted molar refractivity (Wildman–Crippen MR) is 110 cm³/mol. The molecule has 3 heterocycles. The number of benzene rings is 1. The normalized spacial score (nSPS) is 29.2. The van der Waals surface area contributed by atoms with Crippen LogP contribution in [0.1, 0.15) is 25.7 Å². The summed E-state index contributed by atoms with van der Waals surface area (Å²) in [5, 5.41) is 3.28. The zero-order valence-electron chi connectivity index (χ0n) is 15.9. The maximum absolute atomic E-state index is 15.0. The fourth-order valence-corrected chi connectivity index (χ4v) is 5.89. The monoisotopic (exact) mass is 403 g/mol. The minimum atomic E-state index is -0.412. The molecule has 1 aliphatic carbocycles. The number of cyclic esters (lactones) is 1. The number of anilines is 2. The molecule has 1 amide bonds. The predicted octanol–water partition coefficient (Wildman–Crippen LogP) is 3.75. The quantitative estimate of drug-likeness (QED) is 0.784. The lowest BCUT2D eigenvalue weighted by Gasteiger charge is -2.36. The molecule has 0 radical (unpaired) electrons. The van der Waals surface area contributed by atoms with Crippen molar-refractivity contribution in [2.24, 2.45) is 5.92 Å². The van der Waals surface area contributed by atoms with Crippen LogP contribution < -0.4 is 15.1 Å². The van der Waals surface area contributed by atoms with Gasteiger partial charge < -0.3 is 15.0 Å². The van der Waals surface area contributed by atoms with E-state index in [1.54, 1.807) is 0 Å². The van der Waals surface area contributed by atoms with Crippen LogP contribution in [0.25, 0.3) is 0 Å². The van der Waals surface area contributed by atoms with Crippen molar-refractivity contribution in [2.45, 2.75) is 43.9 Å². The number of allylic oxidation sites excluding steroid dienone is 1. The number of rotatable bonds is 6. The number of nitrogens with zero attached hydrogens (tertiary/aromatic N) is 2. The number of hydrogen-bond donors (Lipinski definition) is 1. The molecule has 1 N–H and O–H groups in total. The molecule has 7 heteroatoms. The Balaban J connectivity index is 1.26. The van der Waals surface area contributed by atoms with Crippen molar-refractivity contribution in [3.05, 3.63) is 36.3 Å². The molecular weight excluding hydrogens is 377 g/mol. The molecule has 1 saturated carbocycles. The molecule has 3 atom stereocenters. The summed E-state index contributed by atoms with van der Waals surface area (Å²) in [6, 6.07) is 6.02. The first kappa shape index (κ1) is 18.2. The summed E-state index contributed by atoms with van der Waals surface area (Å²) in [5.74, 6) is 2.45. The van der Waals surface area contributed by atoms with Crippen LogP contribution in [0.3, 0.4) is 0 Å². The lowest BCUT2D eigenvalue weighted by atomic mass is 10.2. The highest BCUT2D eigenvalue weighted by atomic mass is 32.2. The number of nitrogens with one attached hydrogen (secondary N) is 1. The summed E-state index contributed by atoms with van der Waals surface area (Å²) in [7, 11) is 0. The van der Waals surface area contributed by atoms with Crippen molar-refractivity contribution in [1.82, 2.24) is 5.32 Å². The van der Waals surface area contributed by atoms with Gasteiger partial charge in [0, 0.05) is 29.3 Å². The van der Waals surface area contributed by atoms with Gasteiger partial charge in [0.05, 0.1) is 24.5 Å². The molecule has 1 aromatic carbocycles. The van der Waals surface area contributed by atoms with Gasteiger partial charge in [-0.1, -0.05) is 6.58 Å². The molecule has 3 aliphatic heterocycles. The third-order valence-corrected chi connectivity index (χ3v) is 7.50. The maximum atomic E-state index is 15.0. The van der Waals surface area contributed by atoms with E-state index >= 15 is 0 Å². The van der Waals surface area contributed by atoms with E-state index in [9.17, 15) is 9.18 Å². The average Bonchev–Trinajstić information content (AvgIpc) is 3.43. The Hall–Kier alpha value is -1.89. The van der Waals surface area contributed by atoms with Crippen molar-refractivity contribution < 1.29 is 13.9 Å². The van der Waals surface area contributed by atoms with Gasteiger partial charge in [0.15, 0.2) is 0 Å². The summed E-state index contributed by atoms with van der Waals surface area (Å²) in [4.78, 5) is 16.1. The molecule has 1 aromatic rings. The molecule has 5 rings (SSSR count). The summed E-state index contributed by atoms with van der Waals surface area (Å²) in [5.41, 5.74) is 2.26. The van der Waals surface area contributed by atoms with Gasteiger partial charge in [-0.05, 0) is 49.8 Å². The number of carbonyl (C=O) groups excluding carboxylic acids is 1. The molecule has 4 aliphatic rings. The van der Waals surface area contributed by atoms with Crippen molar-refractivity contribution in [2.75, 3.05) is 34.4 Å². The largest absolute Gasteiger partial charge is 0.442 e. The highest BCUT2D eigenvalue weighted by molar-refractivity contribution is 7.99. The van der Waals surface area contributed by atoms with E-state index in [-0.39, 0.29) is 11.9 Å². The minimum Gasteiger partial charge on any atom is -0.442 e. The van der Waals surface area contributed by atoms with Crippen LogP contribution in [-0.4, -0.2) is 48.9 Å². The van der Waals surface area contributed by atoms with E-state index in [0.29, 0.717) is 42.5 Å². The third kappa shape index (κ3) is 3.34. The third-order valence-electron chi connectivity index (χ3n) is 6.26. The highest BCUT2D eigenvalue weighted by Gasteiger charge is 2.39. The Kier molecular flexibility index (Phi) is 4.65. The van der Waals surface area contributed by atoms with Crippen LogP contribution in [0.2, 0.25) is 0 Å². The van der Waals surface area contributed by atoms with Gasteiger partial charge in [-0.3, -0.25) is 4.90 Å². The Morgan fingerprint density at radius 3 is 2.68 bits per heavy atom. The first-order chi connectivity index (χ1) is 13.6. The zero-order chi connectivity index (χ0) is 19.3. The molecule has 150 valence electrons. The van der Waals surface area contributed by atoms with Gasteiger partial charge in [-0.15, -0.1) is 0 Å². The Morgan fingerprint density at radius 1 is 1.25 bits per heavy atom. The van der Waals surface area contributed by atoms with Crippen LogP contribution >= 0.6 is 11.8 Å². The molecule has 2 bridgehead atoms. The second-order valence-corrected chi connectivity index (χ2v) is 9.34. The van der Waals surface area contributed by atoms with Gasteiger partial charge in [0.25, 0.3) is 0 Å². The van der Waals surface area contributed by atoms with Gasteiger partial charge in [-0.25, -0.2) is 9.18 Å². The van der Waals surface area contributed by atoms with Crippen LogP contribution in [0.15, 0.2) is 30.5 Å². The first-order valence-electron chi connectivity index (χ1n) is 10.2. The fourth-order valence-electron chi connectivity index (χ4n) is 4.55. The second-order valence-electron chi connectivity index (χ2n) is 8.26. The standard InChI is InChI=1S/C21H26FN3O2S/c1-13(14-2-3-14)23-9-18-10-24(21(26)27-18)15-6-7-20(19(22)8-15)25-16-4-5-17(25)12-28-11-16/h6-8,14,16-18,23H,1-5,9-12H2/t16?,17?,18-/m0/s1. The smallest absolute Gasteiger partial charge is 0.414 e. The number of ether oxygens (including phenoxy) is 1. The molecular formula is C21H26FN3O2S. The molecule has 28 heavy (non-hydrogen) atoms. The topological polar surface area (TPSA) is 44.8 Å². The van der Waals surface area contributed by atoms with E-state index in [2.05, 4.69) is 16.8 Å². The Morgan fingerprint density at radius 2 is 2.00 bits per heavy atom. The lowest BCUT2D eigenvalue weighted by molar-refractivity contribution is 0.141. The summed E-state index contributed by atoms with van der Waals surface area (Å²) in [6.45, 7) is 5.01. The molecule has 0 spiro atoms. The van der Waals surface area contributed by atoms with Crippen LogP contribution in [0, 0.1) is 11.7 Å². The number of carbonyl (C=O) groups is 1. The number of fused-ring (bicyclic) bond motifs is 2. The molecule has 3 saturated heterocycles.